The SMILES string of the molecule is CCCCC1CCC(CNCCC)(COCC2CC2)CC1. The Morgan fingerprint density at radius 3 is 2.38 bits per heavy atom. The van der Waals surface area contributed by atoms with Gasteiger partial charge < -0.3 is 10.1 Å². The summed E-state index contributed by atoms with van der Waals surface area (Å²) < 4.78 is 6.11. The summed E-state index contributed by atoms with van der Waals surface area (Å²) in [5.74, 6) is 1.89. The van der Waals surface area contributed by atoms with Crippen molar-refractivity contribution in [1.29, 1.82) is 0 Å². The number of ether oxygens (including phenoxy) is 1. The first-order valence-electron chi connectivity index (χ1n) is 9.56. The number of nitrogens with one attached hydrogen (secondary N) is 1. The van der Waals surface area contributed by atoms with Crippen LogP contribution in [0.15, 0.2) is 0 Å². The maximum absolute atomic E-state index is 6.11. The van der Waals surface area contributed by atoms with E-state index >= 15 is 0 Å². The van der Waals surface area contributed by atoms with E-state index in [4.69, 9.17) is 4.74 Å². The van der Waals surface area contributed by atoms with Crippen LogP contribution in [0, 0.1) is 17.3 Å². The van der Waals surface area contributed by atoms with E-state index in [0.717, 1.165) is 31.6 Å². The molecule has 0 bridgehead atoms. The van der Waals surface area contributed by atoms with E-state index in [1.807, 2.05) is 0 Å². The second-order valence-electron chi connectivity index (χ2n) is 7.72. The van der Waals surface area contributed by atoms with Gasteiger partial charge in [-0.1, -0.05) is 33.1 Å². The highest BCUT2D eigenvalue weighted by Gasteiger charge is 2.35. The summed E-state index contributed by atoms with van der Waals surface area (Å²) in [6.45, 7) is 8.92. The van der Waals surface area contributed by atoms with Crippen LogP contribution in [-0.4, -0.2) is 26.3 Å². The second kappa shape index (κ2) is 9.15. The van der Waals surface area contributed by atoms with Gasteiger partial charge in [0.05, 0.1) is 6.61 Å². The minimum Gasteiger partial charge on any atom is -0.381 e. The van der Waals surface area contributed by atoms with E-state index in [0.29, 0.717) is 5.41 Å². The monoisotopic (exact) mass is 295 g/mol. The summed E-state index contributed by atoms with van der Waals surface area (Å²) in [4.78, 5) is 0. The summed E-state index contributed by atoms with van der Waals surface area (Å²) in [6, 6.07) is 0. The maximum atomic E-state index is 6.11. The highest BCUT2D eigenvalue weighted by Crippen LogP contribution is 2.41. The molecule has 0 aromatic rings. The molecule has 0 radical (unpaired) electrons. The van der Waals surface area contributed by atoms with Crippen LogP contribution in [0.3, 0.4) is 0 Å². The minimum absolute atomic E-state index is 0.437. The van der Waals surface area contributed by atoms with Crippen LogP contribution in [0.1, 0.15) is 78.1 Å². The van der Waals surface area contributed by atoms with Gasteiger partial charge in [0.15, 0.2) is 0 Å². The molecule has 2 fully saturated rings. The van der Waals surface area contributed by atoms with Crippen molar-refractivity contribution in [2.45, 2.75) is 78.1 Å². The number of hydrogen-bond acceptors (Lipinski definition) is 2. The van der Waals surface area contributed by atoms with Crippen molar-refractivity contribution in [1.82, 2.24) is 5.32 Å². The summed E-state index contributed by atoms with van der Waals surface area (Å²) in [5.41, 5.74) is 0.437. The Morgan fingerprint density at radius 2 is 1.76 bits per heavy atom. The summed E-state index contributed by atoms with van der Waals surface area (Å²) in [6.07, 6.45) is 13.9. The fraction of sp³-hybridized carbons (Fsp3) is 1.00. The van der Waals surface area contributed by atoms with Gasteiger partial charge in [-0.2, -0.15) is 0 Å². The molecule has 2 aliphatic carbocycles. The van der Waals surface area contributed by atoms with Crippen LogP contribution in [0.25, 0.3) is 0 Å². The summed E-state index contributed by atoms with van der Waals surface area (Å²) >= 11 is 0. The van der Waals surface area contributed by atoms with Gasteiger partial charge in [0.1, 0.15) is 0 Å². The van der Waals surface area contributed by atoms with Crippen LogP contribution < -0.4 is 5.32 Å². The van der Waals surface area contributed by atoms with Crippen molar-refractivity contribution in [3.63, 3.8) is 0 Å². The number of rotatable bonds is 11. The van der Waals surface area contributed by atoms with Gasteiger partial charge >= 0.3 is 0 Å². The fourth-order valence-electron chi connectivity index (χ4n) is 3.70. The molecule has 124 valence electrons. The zero-order valence-corrected chi connectivity index (χ0v) is 14.5. The molecule has 2 nitrogen and oxygen atoms in total. The molecule has 21 heavy (non-hydrogen) atoms. The van der Waals surface area contributed by atoms with Crippen LogP contribution in [0.5, 0.6) is 0 Å². The standard InChI is InChI=1S/C19H37NO/c1-3-5-6-17-9-11-19(12-10-17,15-20-13-4-2)16-21-14-18-7-8-18/h17-18,20H,3-16H2,1-2H3. The average molecular weight is 296 g/mol. The molecule has 0 aliphatic heterocycles. The molecule has 0 heterocycles. The van der Waals surface area contributed by atoms with Crippen LogP contribution in [-0.2, 0) is 4.74 Å². The molecule has 2 saturated carbocycles. The van der Waals surface area contributed by atoms with Crippen molar-refractivity contribution in [2.24, 2.45) is 17.3 Å². The number of hydrogen-bond donors (Lipinski definition) is 1. The molecular formula is C19H37NO. The molecule has 0 aromatic heterocycles. The van der Waals surface area contributed by atoms with E-state index in [1.54, 1.807) is 0 Å². The molecule has 2 rings (SSSR count). The fourth-order valence-corrected chi connectivity index (χ4v) is 3.70. The van der Waals surface area contributed by atoms with Crippen molar-refractivity contribution < 1.29 is 4.74 Å². The highest BCUT2D eigenvalue weighted by atomic mass is 16.5. The normalized spacial score (nSPS) is 29.7. The zero-order chi connectivity index (χ0) is 15.0. The molecular weight excluding hydrogens is 258 g/mol. The van der Waals surface area contributed by atoms with Gasteiger partial charge in [0.2, 0.25) is 0 Å². The predicted molar refractivity (Wildman–Crippen MR) is 90.6 cm³/mol. The average Bonchev–Trinajstić information content (AvgIpc) is 3.31. The summed E-state index contributed by atoms with van der Waals surface area (Å²) in [5, 5.41) is 3.68. The van der Waals surface area contributed by atoms with E-state index in [9.17, 15) is 0 Å². The van der Waals surface area contributed by atoms with Crippen LogP contribution in [0.4, 0.5) is 0 Å². The Morgan fingerprint density at radius 1 is 1.00 bits per heavy atom. The van der Waals surface area contributed by atoms with Crippen LogP contribution >= 0.6 is 0 Å². The van der Waals surface area contributed by atoms with Crippen molar-refractivity contribution in [3.05, 3.63) is 0 Å². The summed E-state index contributed by atoms with van der Waals surface area (Å²) in [7, 11) is 0. The highest BCUT2D eigenvalue weighted by molar-refractivity contribution is 4.88. The largest absolute Gasteiger partial charge is 0.381 e. The lowest BCUT2D eigenvalue weighted by Crippen LogP contribution is -2.41. The van der Waals surface area contributed by atoms with E-state index < -0.39 is 0 Å². The van der Waals surface area contributed by atoms with Gasteiger partial charge in [-0.25, -0.2) is 0 Å². The first-order chi connectivity index (χ1) is 10.3. The second-order valence-corrected chi connectivity index (χ2v) is 7.72. The molecule has 0 spiro atoms. The Balaban J connectivity index is 1.74. The lowest BCUT2D eigenvalue weighted by atomic mass is 9.69. The van der Waals surface area contributed by atoms with Gasteiger partial charge in [0.25, 0.3) is 0 Å². The van der Waals surface area contributed by atoms with Crippen molar-refractivity contribution >= 4 is 0 Å². The predicted octanol–water partition coefficient (Wildman–Crippen LogP) is 4.78. The molecule has 0 atom stereocenters. The molecule has 1 N–H and O–H groups in total. The van der Waals surface area contributed by atoms with E-state index in [2.05, 4.69) is 19.2 Å². The Kier molecular flexibility index (Phi) is 7.53. The third-order valence-corrected chi connectivity index (χ3v) is 5.52. The molecule has 2 heteroatoms. The van der Waals surface area contributed by atoms with Gasteiger partial charge in [0, 0.05) is 18.6 Å². The van der Waals surface area contributed by atoms with Crippen LogP contribution in [0.2, 0.25) is 0 Å². The van der Waals surface area contributed by atoms with E-state index in [1.165, 1.54) is 70.8 Å². The maximum Gasteiger partial charge on any atom is 0.0534 e. The molecule has 0 saturated heterocycles. The third kappa shape index (κ3) is 6.28. The van der Waals surface area contributed by atoms with Gasteiger partial charge in [-0.15, -0.1) is 0 Å². The van der Waals surface area contributed by atoms with Crippen molar-refractivity contribution in [2.75, 3.05) is 26.3 Å². The topological polar surface area (TPSA) is 21.3 Å². The van der Waals surface area contributed by atoms with Crippen molar-refractivity contribution in [3.8, 4) is 0 Å². The molecule has 2 aliphatic rings. The molecule has 0 unspecified atom stereocenters. The van der Waals surface area contributed by atoms with Gasteiger partial charge in [-0.3, -0.25) is 0 Å². The quantitative estimate of drug-likeness (QED) is 0.554. The Bertz CT molecular complexity index is 267. The third-order valence-electron chi connectivity index (χ3n) is 5.52. The Hall–Kier alpha value is -0.0800. The smallest absolute Gasteiger partial charge is 0.0534 e. The Labute approximate surface area is 132 Å². The first-order valence-corrected chi connectivity index (χ1v) is 9.56. The van der Waals surface area contributed by atoms with E-state index in [-0.39, 0.29) is 0 Å². The minimum atomic E-state index is 0.437. The molecule has 0 amide bonds. The lowest BCUT2D eigenvalue weighted by Gasteiger charge is -2.40. The first kappa shape index (κ1) is 17.3. The van der Waals surface area contributed by atoms with Gasteiger partial charge in [-0.05, 0) is 63.3 Å². The number of unbranched alkanes of at least 4 members (excludes halogenated alkanes) is 1. The lowest BCUT2D eigenvalue weighted by molar-refractivity contribution is 0.00564. The zero-order valence-electron chi connectivity index (χ0n) is 14.5. The molecule has 0 aromatic carbocycles.